The molecule has 0 fully saturated rings. The van der Waals surface area contributed by atoms with Crippen LogP contribution in [-0.4, -0.2) is 37.5 Å². The fraction of sp³-hybridized carbons (Fsp3) is 0.455. The van der Waals surface area contributed by atoms with E-state index in [2.05, 4.69) is 0 Å². The SMILES string of the molecule is COc1cc(N)cc(CS(=O)CCS(C)(=O)=O)c1. The van der Waals surface area contributed by atoms with Gasteiger partial charge in [-0.25, -0.2) is 8.42 Å². The van der Waals surface area contributed by atoms with Crippen LogP contribution in [0.4, 0.5) is 5.69 Å². The Bertz CT molecular complexity index is 540. The predicted molar refractivity (Wildman–Crippen MR) is 73.8 cm³/mol. The van der Waals surface area contributed by atoms with Gasteiger partial charge in [-0.05, 0) is 17.7 Å². The Balaban J connectivity index is 2.67. The highest BCUT2D eigenvalue weighted by molar-refractivity contribution is 7.92. The number of methoxy groups -OCH3 is 1. The molecule has 102 valence electrons. The molecule has 0 aliphatic rings. The molecule has 0 saturated carbocycles. The summed E-state index contributed by atoms with van der Waals surface area (Å²) in [6.45, 7) is 0. The van der Waals surface area contributed by atoms with Crippen LogP contribution in [0.2, 0.25) is 0 Å². The Morgan fingerprint density at radius 1 is 1.33 bits per heavy atom. The smallest absolute Gasteiger partial charge is 0.148 e. The molecule has 1 aromatic rings. The zero-order valence-corrected chi connectivity index (χ0v) is 12.0. The van der Waals surface area contributed by atoms with Gasteiger partial charge >= 0.3 is 0 Å². The topological polar surface area (TPSA) is 86.5 Å². The van der Waals surface area contributed by atoms with Crippen molar-refractivity contribution < 1.29 is 17.4 Å². The van der Waals surface area contributed by atoms with Gasteiger partial charge in [0.2, 0.25) is 0 Å². The van der Waals surface area contributed by atoms with Crippen LogP contribution in [0.1, 0.15) is 5.56 Å². The van der Waals surface area contributed by atoms with Gasteiger partial charge < -0.3 is 10.5 Å². The average Bonchev–Trinajstić information content (AvgIpc) is 2.24. The maximum Gasteiger partial charge on any atom is 0.148 e. The zero-order chi connectivity index (χ0) is 13.8. The quantitative estimate of drug-likeness (QED) is 0.774. The van der Waals surface area contributed by atoms with Crippen LogP contribution in [0.15, 0.2) is 18.2 Å². The minimum absolute atomic E-state index is 0.0704. The number of nitrogen functional groups attached to an aromatic ring is 1. The van der Waals surface area contributed by atoms with E-state index in [-0.39, 0.29) is 17.3 Å². The van der Waals surface area contributed by atoms with Gasteiger partial charge in [0.25, 0.3) is 0 Å². The minimum atomic E-state index is -3.07. The maximum absolute atomic E-state index is 11.7. The lowest BCUT2D eigenvalue weighted by Gasteiger charge is -2.06. The largest absolute Gasteiger partial charge is 0.497 e. The van der Waals surface area contributed by atoms with Gasteiger partial charge in [-0.3, -0.25) is 4.21 Å². The first-order valence-electron chi connectivity index (χ1n) is 5.26. The van der Waals surface area contributed by atoms with Gasteiger partial charge in [-0.1, -0.05) is 0 Å². The molecule has 1 aromatic carbocycles. The van der Waals surface area contributed by atoms with Gasteiger partial charge in [0.15, 0.2) is 0 Å². The van der Waals surface area contributed by atoms with Crippen LogP contribution in [0, 0.1) is 0 Å². The van der Waals surface area contributed by atoms with Crippen molar-refractivity contribution in [3.8, 4) is 5.75 Å². The summed E-state index contributed by atoms with van der Waals surface area (Å²) in [5, 5.41) is 0. The predicted octanol–water partition coefficient (Wildman–Crippen LogP) is 0.571. The number of hydrogen-bond acceptors (Lipinski definition) is 5. The molecule has 2 N–H and O–H groups in total. The summed E-state index contributed by atoms with van der Waals surface area (Å²) in [5.74, 6) is 0.941. The van der Waals surface area contributed by atoms with E-state index in [1.807, 2.05) is 0 Å². The van der Waals surface area contributed by atoms with Crippen LogP contribution in [0.3, 0.4) is 0 Å². The summed E-state index contributed by atoms with van der Waals surface area (Å²) in [6.07, 6.45) is 1.13. The molecular formula is C11H17NO4S2. The van der Waals surface area contributed by atoms with E-state index in [9.17, 15) is 12.6 Å². The van der Waals surface area contributed by atoms with E-state index >= 15 is 0 Å². The molecule has 0 bridgehead atoms. The van der Waals surface area contributed by atoms with Crippen molar-refractivity contribution in [3.63, 3.8) is 0 Å². The third-order valence-corrected chi connectivity index (χ3v) is 4.75. The number of anilines is 1. The molecule has 0 spiro atoms. The van der Waals surface area contributed by atoms with Gasteiger partial charge in [0.05, 0.1) is 12.9 Å². The standard InChI is InChI=1S/C11H17NO4S2/c1-16-11-6-9(5-10(12)7-11)8-17(13)3-4-18(2,14)15/h5-7H,3-4,8,12H2,1-2H3. The van der Waals surface area contributed by atoms with Crippen molar-refractivity contribution in [2.75, 3.05) is 30.6 Å². The van der Waals surface area contributed by atoms with Gasteiger partial charge in [0, 0.05) is 40.3 Å². The molecule has 0 amide bonds. The molecule has 0 aromatic heterocycles. The fourth-order valence-corrected chi connectivity index (χ4v) is 4.03. The lowest BCUT2D eigenvalue weighted by molar-refractivity contribution is 0.414. The summed E-state index contributed by atoms with van der Waals surface area (Å²) in [5.41, 5.74) is 6.99. The third kappa shape index (κ3) is 5.50. The van der Waals surface area contributed by atoms with E-state index in [1.165, 1.54) is 7.11 Å². The highest BCUT2D eigenvalue weighted by Crippen LogP contribution is 2.19. The van der Waals surface area contributed by atoms with Crippen LogP contribution in [0.5, 0.6) is 5.75 Å². The first-order valence-corrected chi connectivity index (χ1v) is 8.81. The lowest BCUT2D eigenvalue weighted by Crippen LogP contribution is -2.12. The van der Waals surface area contributed by atoms with E-state index in [0.717, 1.165) is 11.8 Å². The summed E-state index contributed by atoms with van der Waals surface area (Å²) in [4.78, 5) is 0. The molecule has 0 saturated heterocycles. The second-order valence-corrected chi connectivity index (χ2v) is 7.87. The number of rotatable bonds is 6. The summed E-state index contributed by atoms with van der Waals surface area (Å²) in [6, 6.07) is 5.12. The fourth-order valence-electron chi connectivity index (χ4n) is 1.39. The molecule has 7 heteroatoms. The minimum Gasteiger partial charge on any atom is -0.497 e. The lowest BCUT2D eigenvalue weighted by atomic mass is 10.2. The number of sulfone groups is 1. The van der Waals surface area contributed by atoms with E-state index in [0.29, 0.717) is 11.4 Å². The van der Waals surface area contributed by atoms with Crippen molar-refractivity contribution in [1.82, 2.24) is 0 Å². The molecule has 1 atom stereocenters. The van der Waals surface area contributed by atoms with Crippen molar-refractivity contribution in [2.24, 2.45) is 0 Å². The second kappa shape index (κ2) is 6.19. The number of benzene rings is 1. The van der Waals surface area contributed by atoms with Crippen molar-refractivity contribution in [3.05, 3.63) is 23.8 Å². The number of ether oxygens (including phenoxy) is 1. The van der Waals surface area contributed by atoms with Crippen molar-refractivity contribution in [1.29, 1.82) is 0 Å². The van der Waals surface area contributed by atoms with Crippen LogP contribution in [0.25, 0.3) is 0 Å². The van der Waals surface area contributed by atoms with Crippen molar-refractivity contribution in [2.45, 2.75) is 5.75 Å². The first-order chi connectivity index (χ1) is 8.30. The molecule has 5 nitrogen and oxygen atoms in total. The van der Waals surface area contributed by atoms with Crippen LogP contribution >= 0.6 is 0 Å². The maximum atomic E-state index is 11.7. The Kier molecular flexibility index (Phi) is 5.15. The van der Waals surface area contributed by atoms with E-state index in [4.69, 9.17) is 10.5 Å². The Morgan fingerprint density at radius 3 is 2.56 bits per heavy atom. The molecule has 0 radical (unpaired) electrons. The molecule has 1 unspecified atom stereocenters. The summed E-state index contributed by atoms with van der Waals surface area (Å²) in [7, 11) is -2.77. The second-order valence-electron chi connectivity index (χ2n) is 4.03. The summed E-state index contributed by atoms with van der Waals surface area (Å²) >= 11 is 0. The van der Waals surface area contributed by atoms with Crippen LogP contribution < -0.4 is 10.5 Å². The molecule has 0 aliphatic heterocycles. The third-order valence-electron chi connectivity index (χ3n) is 2.23. The number of hydrogen-bond donors (Lipinski definition) is 1. The monoisotopic (exact) mass is 291 g/mol. The van der Waals surface area contributed by atoms with Gasteiger partial charge in [-0.15, -0.1) is 0 Å². The van der Waals surface area contributed by atoms with Gasteiger partial charge in [-0.2, -0.15) is 0 Å². The van der Waals surface area contributed by atoms with E-state index < -0.39 is 20.6 Å². The summed E-state index contributed by atoms with van der Waals surface area (Å²) < 4.78 is 38.7. The van der Waals surface area contributed by atoms with Crippen LogP contribution in [-0.2, 0) is 26.4 Å². The molecule has 18 heavy (non-hydrogen) atoms. The van der Waals surface area contributed by atoms with E-state index in [1.54, 1.807) is 18.2 Å². The molecular weight excluding hydrogens is 274 g/mol. The normalized spacial score (nSPS) is 13.2. The average molecular weight is 291 g/mol. The molecule has 0 heterocycles. The highest BCUT2D eigenvalue weighted by Gasteiger charge is 2.08. The van der Waals surface area contributed by atoms with Crippen molar-refractivity contribution >= 4 is 26.3 Å². The van der Waals surface area contributed by atoms with Gasteiger partial charge in [0.1, 0.15) is 15.6 Å². The highest BCUT2D eigenvalue weighted by atomic mass is 32.2. The molecule has 0 aliphatic carbocycles. The number of nitrogens with two attached hydrogens (primary N) is 1. The Labute approximate surface area is 110 Å². The first kappa shape index (κ1) is 15.0. The Morgan fingerprint density at radius 2 is 2.00 bits per heavy atom. The molecule has 1 rings (SSSR count). The zero-order valence-electron chi connectivity index (χ0n) is 10.4. The Hall–Kier alpha value is -1.08.